The Morgan fingerprint density at radius 3 is 2.90 bits per heavy atom. The van der Waals surface area contributed by atoms with Crippen molar-refractivity contribution in [2.75, 3.05) is 17.2 Å². The lowest BCUT2D eigenvalue weighted by Gasteiger charge is -2.30. The van der Waals surface area contributed by atoms with Crippen LogP contribution in [0.1, 0.15) is 45.1 Å². The highest BCUT2D eigenvalue weighted by Crippen LogP contribution is 2.25. The van der Waals surface area contributed by atoms with E-state index < -0.39 is 0 Å². The Balaban J connectivity index is 2.04. The fraction of sp³-hybridized carbons (Fsp3) is 0.588. The van der Waals surface area contributed by atoms with Crippen molar-refractivity contribution in [3.63, 3.8) is 0 Å². The number of amides is 1. The van der Waals surface area contributed by atoms with Crippen LogP contribution in [0.25, 0.3) is 0 Å². The van der Waals surface area contributed by atoms with Gasteiger partial charge in [0.2, 0.25) is 5.91 Å². The van der Waals surface area contributed by atoms with E-state index in [1.807, 2.05) is 25.1 Å². The maximum Gasteiger partial charge on any atom is 0.224 e. The summed E-state index contributed by atoms with van der Waals surface area (Å²) in [5.74, 6) is 0.0434. The molecule has 0 radical (unpaired) electrons. The van der Waals surface area contributed by atoms with Crippen molar-refractivity contribution in [2.45, 2.75) is 58.6 Å². The van der Waals surface area contributed by atoms with Crippen LogP contribution in [0.2, 0.25) is 0 Å². The quantitative estimate of drug-likeness (QED) is 0.869. The predicted molar refractivity (Wildman–Crippen MR) is 86.8 cm³/mol. The molecule has 1 amide bonds. The molecule has 0 aromatic heterocycles. The van der Waals surface area contributed by atoms with Gasteiger partial charge < -0.3 is 15.4 Å². The first-order valence-electron chi connectivity index (χ1n) is 7.91. The maximum atomic E-state index is 11.5. The largest absolute Gasteiger partial charge is 0.382 e. The summed E-state index contributed by atoms with van der Waals surface area (Å²) in [6.07, 6.45) is 3.99. The minimum Gasteiger partial charge on any atom is -0.382 e. The fourth-order valence-corrected chi connectivity index (χ4v) is 2.62. The van der Waals surface area contributed by atoms with Gasteiger partial charge in [0, 0.05) is 30.4 Å². The van der Waals surface area contributed by atoms with Crippen LogP contribution in [0.3, 0.4) is 0 Å². The first-order chi connectivity index (χ1) is 10.1. The number of carbonyl (C=O) groups excluding carboxylic acids is 1. The SMILES string of the molecule is CCC(=O)Nc1ccc(C)c(NC2CCOC(CC)C2)c1. The van der Waals surface area contributed by atoms with Gasteiger partial charge in [0.1, 0.15) is 0 Å². The number of benzene rings is 1. The average Bonchev–Trinajstić information content (AvgIpc) is 2.50. The molecule has 2 atom stereocenters. The summed E-state index contributed by atoms with van der Waals surface area (Å²) in [7, 11) is 0. The number of hydrogen-bond acceptors (Lipinski definition) is 3. The summed E-state index contributed by atoms with van der Waals surface area (Å²) in [5.41, 5.74) is 3.16. The van der Waals surface area contributed by atoms with E-state index in [0.29, 0.717) is 18.6 Å². The normalized spacial score (nSPS) is 21.9. The number of ether oxygens (including phenoxy) is 1. The second kappa shape index (κ2) is 7.46. The van der Waals surface area contributed by atoms with Crippen LogP contribution in [-0.2, 0) is 9.53 Å². The van der Waals surface area contributed by atoms with Gasteiger partial charge >= 0.3 is 0 Å². The molecule has 1 aromatic carbocycles. The molecule has 21 heavy (non-hydrogen) atoms. The minimum atomic E-state index is 0.0434. The molecule has 4 heteroatoms. The van der Waals surface area contributed by atoms with E-state index in [1.54, 1.807) is 0 Å². The molecule has 2 rings (SSSR count). The summed E-state index contributed by atoms with van der Waals surface area (Å²) in [6.45, 7) is 6.93. The smallest absolute Gasteiger partial charge is 0.224 e. The highest BCUT2D eigenvalue weighted by Gasteiger charge is 2.21. The standard InChI is InChI=1S/C17H26N2O2/c1-4-15-10-14(8-9-21-15)18-16-11-13(7-6-12(16)3)19-17(20)5-2/h6-7,11,14-15,18H,4-5,8-10H2,1-3H3,(H,19,20). The topological polar surface area (TPSA) is 50.4 Å². The van der Waals surface area contributed by atoms with Crippen LogP contribution in [-0.4, -0.2) is 24.7 Å². The Kier molecular flexibility index (Phi) is 5.62. The van der Waals surface area contributed by atoms with Crippen molar-refractivity contribution in [2.24, 2.45) is 0 Å². The van der Waals surface area contributed by atoms with Crippen molar-refractivity contribution >= 4 is 17.3 Å². The third-order valence-corrected chi connectivity index (χ3v) is 4.02. The van der Waals surface area contributed by atoms with Crippen molar-refractivity contribution in [1.82, 2.24) is 0 Å². The molecule has 1 aliphatic rings. The third kappa shape index (κ3) is 4.46. The first kappa shape index (κ1) is 15.8. The molecule has 1 aromatic rings. The van der Waals surface area contributed by atoms with Crippen molar-refractivity contribution in [1.29, 1.82) is 0 Å². The number of carbonyl (C=O) groups is 1. The number of rotatable bonds is 5. The van der Waals surface area contributed by atoms with Gasteiger partial charge in [-0.25, -0.2) is 0 Å². The molecule has 116 valence electrons. The Morgan fingerprint density at radius 2 is 2.19 bits per heavy atom. The van der Waals surface area contributed by atoms with Gasteiger partial charge in [0.05, 0.1) is 6.10 Å². The van der Waals surface area contributed by atoms with Crippen molar-refractivity contribution in [3.05, 3.63) is 23.8 Å². The van der Waals surface area contributed by atoms with E-state index in [2.05, 4.69) is 24.5 Å². The second-order valence-corrected chi connectivity index (χ2v) is 5.70. The van der Waals surface area contributed by atoms with Crippen molar-refractivity contribution < 1.29 is 9.53 Å². The lowest BCUT2D eigenvalue weighted by Crippen LogP contribution is -2.33. The van der Waals surface area contributed by atoms with Gasteiger partial charge in [-0.05, 0) is 43.9 Å². The Hall–Kier alpha value is -1.55. The van der Waals surface area contributed by atoms with Crippen LogP contribution in [0.15, 0.2) is 18.2 Å². The molecule has 2 N–H and O–H groups in total. The molecular formula is C17H26N2O2. The van der Waals surface area contributed by atoms with Gasteiger partial charge in [0.25, 0.3) is 0 Å². The second-order valence-electron chi connectivity index (χ2n) is 5.70. The van der Waals surface area contributed by atoms with Crippen molar-refractivity contribution in [3.8, 4) is 0 Å². The van der Waals surface area contributed by atoms with Gasteiger partial charge in [-0.15, -0.1) is 0 Å². The molecule has 1 heterocycles. The molecule has 1 fully saturated rings. The van der Waals surface area contributed by atoms with Gasteiger partial charge in [0.15, 0.2) is 0 Å². The number of nitrogens with one attached hydrogen (secondary N) is 2. The number of anilines is 2. The maximum absolute atomic E-state index is 11.5. The third-order valence-electron chi connectivity index (χ3n) is 4.02. The van der Waals surface area contributed by atoms with E-state index in [4.69, 9.17) is 4.74 Å². The highest BCUT2D eigenvalue weighted by atomic mass is 16.5. The minimum absolute atomic E-state index is 0.0434. The summed E-state index contributed by atoms with van der Waals surface area (Å²) in [4.78, 5) is 11.5. The van der Waals surface area contributed by atoms with Crippen LogP contribution in [0, 0.1) is 6.92 Å². The summed E-state index contributed by atoms with van der Waals surface area (Å²) in [6, 6.07) is 6.47. The van der Waals surface area contributed by atoms with Gasteiger partial charge in [-0.2, -0.15) is 0 Å². The van der Waals surface area contributed by atoms with E-state index in [-0.39, 0.29) is 5.91 Å². The highest BCUT2D eigenvalue weighted by molar-refractivity contribution is 5.91. The van der Waals surface area contributed by atoms with E-state index in [1.165, 1.54) is 5.56 Å². The fourth-order valence-electron chi connectivity index (χ4n) is 2.62. The van der Waals surface area contributed by atoms with Gasteiger partial charge in [-0.3, -0.25) is 4.79 Å². The Labute approximate surface area is 127 Å². The molecule has 2 unspecified atom stereocenters. The first-order valence-corrected chi connectivity index (χ1v) is 7.91. The summed E-state index contributed by atoms with van der Waals surface area (Å²) >= 11 is 0. The van der Waals surface area contributed by atoms with Gasteiger partial charge in [-0.1, -0.05) is 19.9 Å². The van der Waals surface area contributed by atoms with Crippen LogP contribution >= 0.6 is 0 Å². The number of aryl methyl sites for hydroxylation is 1. The molecule has 0 bridgehead atoms. The van der Waals surface area contributed by atoms with Crippen LogP contribution < -0.4 is 10.6 Å². The number of hydrogen-bond donors (Lipinski definition) is 2. The molecular weight excluding hydrogens is 264 g/mol. The van der Waals surface area contributed by atoms with E-state index in [9.17, 15) is 4.79 Å². The van der Waals surface area contributed by atoms with Crippen LogP contribution in [0.4, 0.5) is 11.4 Å². The van der Waals surface area contributed by atoms with E-state index in [0.717, 1.165) is 37.2 Å². The predicted octanol–water partition coefficient (Wildman–Crippen LogP) is 3.71. The summed E-state index contributed by atoms with van der Waals surface area (Å²) in [5, 5.41) is 6.53. The molecule has 1 saturated heterocycles. The monoisotopic (exact) mass is 290 g/mol. The zero-order valence-corrected chi connectivity index (χ0v) is 13.2. The molecule has 0 aliphatic carbocycles. The molecule has 0 saturated carbocycles. The lowest BCUT2D eigenvalue weighted by molar-refractivity contribution is -0.115. The zero-order chi connectivity index (χ0) is 15.2. The lowest BCUT2D eigenvalue weighted by atomic mass is 10.0. The Morgan fingerprint density at radius 1 is 1.38 bits per heavy atom. The van der Waals surface area contributed by atoms with Crippen LogP contribution in [0.5, 0.6) is 0 Å². The summed E-state index contributed by atoms with van der Waals surface area (Å²) < 4.78 is 5.72. The Bertz CT molecular complexity index is 488. The molecule has 0 spiro atoms. The molecule has 4 nitrogen and oxygen atoms in total. The molecule has 1 aliphatic heterocycles. The zero-order valence-electron chi connectivity index (χ0n) is 13.2. The average molecular weight is 290 g/mol. The van der Waals surface area contributed by atoms with E-state index >= 15 is 0 Å².